The summed E-state index contributed by atoms with van der Waals surface area (Å²) in [6.45, 7) is 13.1. The van der Waals surface area contributed by atoms with Crippen molar-refractivity contribution in [3.05, 3.63) is 175 Å². The molecule has 5 heteroatoms. The first-order valence-electron chi connectivity index (χ1n) is 18.9. The van der Waals surface area contributed by atoms with Crippen molar-refractivity contribution in [2.75, 3.05) is 4.90 Å². The summed E-state index contributed by atoms with van der Waals surface area (Å²) < 4.78 is 2.18. The number of hydrogen-bond acceptors (Lipinski definition) is 4. The minimum atomic E-state index is -0.275. The molecule has 0 aliphatic rings. The summed E-state index contributed by atoms with van der Waals surface area (Å²) in [6, 6.07) is 54.4. The van der Waals surface area contributed by atoms with Gasteiger partial charge in [0.05, 0.1) is 34.2 Å². The van der Waals surface area contributed by atoms with Crippen molar-refractivity contribution >= 4 is 28.1 Å². The largest absolute Gasteiger partial charge is 0.507 e. The van der Waals surface area contributed by atoms with Crippen LogP contribution in [0.3, 0.4) is 0 Å². The van der Waals surface area contributed by atoms with Gasteiger partial charge in [-0.1, -0.05) is 133 Å². The van der Waals surface area contributed by atoms with Crippen LogP contribution in [0.15, 0.2) is 164 Å². The van der Waals surface area contributed by atoms with Crippen molar-refractivity contribution < 1.29 is 5.11 Å². The first-order valence-corrected chi connectivity index (χ1v) is 18.9. The quantitative estimate of drug-likeness (QED) is 0.178. The van der Waals surface area contributed by atoms with Crippen LogP contribution in [0.1, 0.15) is 52.7 Å². The van der Waals surface area contributed by atoms with E-state index in [-0.39, 0.29) is 16.6 Å². The Bertz CT molecular complexity index is 2560. The molecule has 0 fully saturated rings. The standard InChI is InChI=1S/C50H46N4O/c1-49(2,3)36-31-42(47(55)43(32-36)50(4,5)6)48-52-46-41(26-17-27-45(46)54(48)39-24-14-9-15-25-39)34-18-16-19-35(30-34)44-29-28-40(33-51-44)53(37-20-10-7-11-21-37)38-22-12-8-13-23-38/h7-33,55H,1-6H3. The highest BCUT2D eigenvalue weighted by atomic mass is 16.3. The molecule has 0 aliphatic carbocycles. The zero-order chi connectivity index (χ0) is 38.3. The Morgan fingerprint density at radius 3 is 1.76 bits per heavy atom. The fourth-order valence-corrected chi connectivity index (χ4v) is 7.30. The second-order valence-corrected chi connectivity index (χ2v) is 16.2. The summed E-state index contributed by atoms with van der Waals surface area (Å²) in [5, 5.41) is 12.0. The van der Waals surface area contributed by atoms with Gasteiger partial charge in [-0.25, -0.2) is 4.98 Å². The third-order valence-corrected chi connectivity index (χ3v) is 10.2. The molecule has 0 saturated heterocycles. The zero-order valence-corrected chi connectivity index (χ0v) is 32.3. The smallest absolute Gasteiger partial charge is 0.149 e. The number of imidazole rings is 1. The van der Waals surface area contributed by atoms with E-state index in [0.29, 0.717) is 5.82 Å². The molecule has 5 nitrogen and oxygen atoms in total. The van der Waals surface area contributed by atoms with Crippen LogP contribution in [0.2, 0.25) is 0 Å². The molecule has 0 unspecified atom stereocenters. The number of rotatable bonds is 7. The fraction of sp³-hybridized carbons (Fsp3) is 0.160. The molecule has 0 aliphatic heterocycles. The molecule has 0 bridgehead atoms. The van der Waals surface area contributed by atoms with E-state index in [2.05, 4.69) is 178 Å². The highest BCUT2D eigenvalue weighted by Crippen LogP contribution is 2.44. The number of nitrogens with zero attached hydrogens (tertiary/aromatic N) is 4. The molecule has 0 spiro atoms. The van der Waals surface area contributed by atoms with Crippen molar-refractivity contribution in [2.24, 2.45) is 0 Å². The van der Waals surface area contributed by atoms with Gasteiger partial charge in [-0.15, -0.1) is 0 Å². The van der Waals surface area contributed by atoms with Crippen molar-refractivity contribution in [3.8, 4) is 45.2 Å². The Hall–Kier alpha value is -6.46. The highest BCUT2D eigenvalue weighted by Gasteiger charge is 2.28. The zero-order valence-electron chi connectivity index (χ0n) is 32.3. The Morgan fingerprint density at radius 2 is 1.16 bits per heavy atom. The lowest BCUT2D eigenvalue weighted by Crippen LogP contribution is -2.17. The van der Waals surface area contributed by atoms with Crippen LogP contribution in [0, 0.1) is 0 Å². The van der Waals surface area contributed by atoms with Gasteiger partial charge in [0, 0.05) is 33.8 Å². The van der Waals surface area contributed by atoms with Gasteiger partial charge in [0.15, 0.2) is 0 Å². The molecule has 1 N–H and O–H groups in total. The molecule has 0 amide bonds. The Labute approximate surface area is 324 Å². The number of hydrogen-bond donors (Lipinski definition) is 1. The third kappa shape index (κ3) is 6.90. The van der Waals surface area contributed by atoms with Gasteiger partial charge in [-0.05, 0) is 88.7 Å². The number of fused-ring (bicyclic) bond motifs is 1. The van der Waals surface area contributed by atoms with Gasteiger partial charge in [0.2, 0.25) is 0 Å². The third-order valence-electron chi connectivity index (χ3n) is 10.2. The van der Waals surface area contributed by atoms with E-state index in [9.17, 15) is 5.11 Å². The Balaban J connectivity index is 1.25. The molecule has 0 saturated carbocycles. The molecule has 0 atom stereocenters. The molecule has 0 radical (unpaired) electrons. The number of phenolic OH excluding ortho intramolecular Hbond substituents is 1. The first kappa shape index (κ1) is 35.6. The van der Waals surface area contributed by atoms with Crippen LogP contribution in [0.4, 0.5) is 17.1 Å². The highest BCUT2D eigenvalue weighted by molar-refractivity contribution is 5.96. The minimum absolute atomic E-state index is 0.134. The lowest BCUT2D eigenvalue weighted by atomic mass is 9.79. The van der Waals surface area contributed by atoms with Gasteiger partial charge in [-0.3, -0.25) is 9.55 Å². The van der Waals surface area contributed by atoms with Gasteiger partial charge >= 0.3 is 0 Å². The van der Waals surface area contributed by atoms with E-state index in [1.165, 1.54) is 0 Å². The number of pyridine rings is 1. The Morgan fingerprint density at radius 1 is 0.545 bits per heavy atom. The number of anilines is 3. The molecule has 55 heavy (non-hydrogen) atoms. The van der Waals surface area contributed by atoms with Crippen molar-refractivity contribution in [3.63, 3.8) is 0 Å². The SMILES string of the molecule is CC(C)(C)c1cc(-c2nc3c(-c4cccc(-c5ccc(N(c6ccccc6)c6ccccc6)cn5)c4)cccc3n2-c2ccccc2)c(O)c(C(C)(C)C)c1. The first-order chi connectivity index (χ1) is 26.5. The van der Waals surface area contributed by atoms with E-state index in [4.69, 9.17) is 9.97 Å². The summed E-state index contributed by atoms with van der Waals surface area (Å²) in [4.78, 5) is 12.6. The molecule has 8 rings (SSSR count). The molecule has 2 heterocycles. The van der Waals surface area contributed by atoms with Crippen LogP contribution in [-0.2, 0) is 10.8 Å². The molecule has 6 aromatic carbocycles. The maximum atomic E-state index is 12.0. The average molecular weight is 719 g/mol. The van der Waals surface area contributed by atoms with Gasteiger partial charge < -0.3 is 10.0 Å². The lowest BCUT2D eigenvalue weighted by Gasteiger charge is -2.27. The summed E-state index contributed by atoms with van der Waals surface area (Å²) in [5.41, 5.74) is 12.2. The molecule has 272 valence electrons. The average Bonchev–Trinajstić information content (AvgIpc) is 3.58. The number of phenols is 1. The molecule has 8 aromatic rings. The maximum absolute atomic E-state index is 12.0. The summed E-state index contributed by atoms with van der Waals surface area (Å²) in [5.74, 6) is 0.974. The summed E-state index contributed by atoms with van der Waals surface area (Å²) >= 11 is 0. The molecular formula is C50H46N4O. The second kappa shape index (κ2) is 14.1. The minimum Gasteiger partial charge on any atom is -0.507 e. The van der Waals surface area contributed by atoms with Crippen molar-refractivity contribution in [1.29, 1.82) is 0 Å². The summed E-state index contributed by atoms with van der Waals surface area (Å²) in [6.07, 6.45) is 1.94. The number of aromatic nitrogens is 3. The lowest BCUT2D eigenvalue weighted by molar-refractivity contribution is 0.446. The van der Waals surface area contributed by atoms with E-state index >= 15 is 0 Å². The van der Waals surface area contributed by atoms with Gasteiger partial charge in [0.25, 0.3) is 0 Å². The fourth-order valence-electron chi connectivity index (χ4n) is 7.30. The maximum Gasteiger partial charge on any atom is 0.149 e. The van der Waals surface area contributed by atoms with Crippen LogP contribution in [0.5, 0.6) is 5.75 Å². The number of benzene rings is 6. The predicted molar refractivity (Wildman–Crippen MR) is 229 cm³/mol. The molecular weight excluding hydrogens is 673 g/mol. The van der Waals surface area contributed by atoms with Crippen LogP contribution in [0.25, 0.3) is 50.5 Å². The van der Waals surface area contributed by atoms with E-state index < -0.39 is 0 Å². The number of aromatic hydroxyl groups is 1. The van der Waals surface area contributed by atoms with Crippen LogP contribution >= 0.6 is 0 Å². The summed E-state index contributed by atoms with van der Waals surface area (Å²) in [7, 11) is 0. The monoisotopic (exact) mass is 718 g/mol. The van der Waals surface area contributed by atoms with Crippen molar-refractivity contribution in [1.82, 2.24) is 14.5 Å². The number of para-hydroxylation sites is 4. The second-order valence-electron chi connectivity index (χ2n) is 16.2. The van der Waals surface area contributed by atoms with Crippen LogP contribution < -0.4 is 4.90 Å². The van der Waals surface area contributed by atoms with E-state index in [1.807, 2.05) is 36.5 Å². The van der Waals surface area contributed by atoms with Crippen molar-refractivity contribution in [2.45, 2.75) is 52.4 Å². The molecule has 2 aromatic heterocycles. The normalized spacial score (nSPS) is 11.9. The van der Waals surface area contributed by atoms with Gasteiger partial charge in [-0.2, -0.15) is 0 Å². The van der Waals surface area contributed by atoms with E-state index in [0.717, 1.165) is 72.9 Å². The van der Waals surface area contributed by atoms with Crippen LogP contribution in [-0.4, -0.2) is 19.6 Å². The predicted octanol–water partition coefficient (Wildman–Crippen LogP) is 13.2. The van der Waals surface area contributed by atoms with Gasteiger partial charge in [0.1, 0.15) is 11.6 Å². The topological polar surface area (TPSA) is 54.2 Å². The Kier molecular flexibility index (Phi) is 9.10. The van der Waals surface area contributed by atoms with E-state index in [1.54, 1.807) is 0 Å².